The van der Waals surface area contributed by atoms with E-state index in [0.717, 1.165) is 0 Å². The van der Waals surface area contributed by atoms with Crippen molar-refractivity contribution in [3.05, 3.63) is 0 Å². The van der Waals surface area contributed by atoms with Gasteiger partial charge in [0.15, 0.2) is 5.75 Å². The van der Waals surface area contributed by atoms with E-state index in [1.54, 1.807) is 20.8 Å². The number of carbonyl (C=O) groups is 1. The molecule has 0 aromatic rings. The number of aliphatic hydroxyl groups excluding tert-OH is 1. The number of rotatable bonds is 7. The highest BCUT2D eigenvalue weighted by atomic mass is 32.2. The summed E-state index contributed by atoms with van der Waals surface area (Å²) in [5.41, 5.74) is 0. The van der Waals surface area contributed by atoms with Crippen LogP contribution in [0.15, 0.2) is 0 Å². The van der Waals surface area contributed by atoms with Crippen LogP contribution in [-0.2, 0) is 19.6 Å². The van der Waals surface area contributed by atoms with Gasteiger partial charge in [0.1, 0.15) is 0 Å². The number of esters is 1. The van der Waals surface area contributed by atoms with Gasteiger partial charge in [0.2, 0.25) is 10.0 Å². The molecule has 0 saturated carbocycles. The molecule has 0 saturated heterocycles. The molecule has 0 heterocycles. The average Bonchev–Trinajstić information content (AvgIpc) is 2.13. The molecule has 16 heavy (non-hydrogen) atoms. The van der Waals surface area contributed by atoms with E-state index in [0.29, 0.717) is 0 Å². The predicted molar refractivity (Wildman–Crippen MR) is 59.3 cm³/mol. The molecule has 96 valence electrons. The first-order chi connectivity index (χ1) is 7.28. The van der Waals surface area contributed by atoms with Gasteiger partial charge < -0.3 is 9.84 Å². The third kappa shape index (κ3) is 6.76. The topological polar surface area (TPSA) is 92.7 Å². The summed E-state index contributed by atoms with van der Waals surface area (Å²) in [5.74, 6) is -1.56. The van der Waals surface area contributed by atoms with Crippen molar-refractivity contribution in [2.45, 2.75) is 26.9 Å². The minimum absolute atomic E-state index is 0.0507. The SMILES string of the molecule is CCOC(=O)CS(=O)(=O)NCC(O)C(C)C. The summed E-state index contributed by atoms with van der Waals surface area (Å²) in [6.07, 6.45) is -0.767. The molecule has 1 atom stereocenters. The third-order valence-corrected chi connectivity index (χ3v) is 3.12. The Hall–Kier alpha value is -0.660. The van der Waals surface area contributed by atoms with Crippen LogP contribution >= 0.6 is 0 Å². The van der Waals surface area contributed by atoms with E-state index in [9.17, 15) is 18.3 Å². The standard InChI is InChI=1S/C9H19NO5S/c1-4-15-9(12)6-16(13,14)10-5-8(11)7(2)3/h7-8,10-11H,4-6H2,1-3H3. The Morgan fingerprint density at radius 3 is 2.44 bits per heavy atom. The van der Waals surface area contributed by atoms with E-state index < -0.39 is 27.8 Å². The van der Waals surface area contributed by atoms with Crippen molar-refractivity contribution in [3.63, 3.8) is 0 Å². The molecule has 0 fully saturated rings. The number of hydrogen-bond acceptors (Lipinski definition) is 5. The molecule has 1 unspecified atom stereocenters. The minimum Gasteiger partial charge on any atom is -0.465 e. The minimum atomic E-state index is -3.72. The van der Waals surface area contributed by atoms with Crippen LogP contribution in [0.4, 0.5) is 0 Å². The van der Waals surface area contributed by atoms with Crippen LogP contribution in [0, 0.1) is 5.92 Å². The molecular weight excluding hydrogens is 234 g/mol. The number of sulfonamides is 1. The van der Waals surface area contributed by atoms with Crippen LogP contribution in [0.1, 0.15) is 20.8 Å². The maximum Gasteiger partial charge on any atom is 0.322 e. The quantitative estimate of drug-likeness (QED) is 0.596. The van der Waals surface area contributed by atoms with Crippen molar-refractivity contribution in [2.24, 2.45) is 5.92 Å². The van der Waals surface area contributed by atoms with E-state index in [1.807, 2.05) is 0 Å². The summed E-state index contributed by atoms with van der Waals surface area (Å²) in [6, 6.07) is 0. The van der Waals surface area contributed by atoms with E-state index in [-0.39, 0.29) is 19.1 Å². The fourth-order valence-electron chi connectivity index (χ4n) is 0.857. The lowest BCUT2D eigenvalue weighted by molar-refractivity contribution is -0.139. The summed E-state index contributed by atoms with van der Waals surface area (Å²) >= 11 is 0. The first kappa shape index (κ1) is 15.3. The van der Waals surface area contributed by atoms with Crippen molar-refractivity contribution in [1.29, 1.82) is 0 Å². The molecule has 0 aromatic heterocycles. The third-order valence-electron chi connectivity index (χ3n) is 1.90. The summed E-state index contributed by atoms with van der Waals surface area (Å²) in [4.78, 5) is 10.9. The zero-order valence-corrected chi connectivity index (χ0v) is 10.6. The number of nitrogens with one attached hydrogen (secondary N) is 1. The van der Waals surface area contributed by atoms with Gasteiger partial charge >= 0.3 is 5.97 Å². The van der Waals surface area contributed by atoms with Crippen LogP contribution in [0.25, 0.3) is 0 Å². The number of carbonyl (C=O) groups excluding carboxylic acids is 1. The van der Waals surface area contributed by atoms with Crippen molar-refractivity contribution in [3.8, 4) is 0 Å². The molecule has 0 aliphatic carbocycles. The highest BCUT2D eigenvalue weighted by Gasteiger charge is 2.19. The Bertz CT molecular complexity index is 312. The summed E-state index contributed by atoms with van der Waals surface area (Å²) < 4.78 is 29.3. The molecule has 2 N–H and O–H groups in total. The molecular formula is C9H19NO5S. The Labute approximate surface area is 96.0 Å². The van der Waals surface area contributed by atoms with Gasteiger partial charge in [-0.25, -0.2) is 13.1 Å². The van der Waals surface area contributed by atoms with Gasteiger partial charge in [-0.05, 0) is 12.8 Å². The van der Waals surface area contributed by atoms with E-state index in [1.165, 1.54) is 0 Å². The monoisotopic (exact) mass is 253 g/mol. The summed E-state index contributed by atoms with van der Waals surface area (Å²) in [7, 11) is -3.72. The van der Waals surface area contributed by atoms with E-state index in [2.05, 4.69) is 9.46 Å². The Morgan fingerprint density at radius 2 is 2.00 bits per heavy atom. The second kappa shape index (κ2) is 6.82. The van der Waals surface area contributed by atoms with Gasteiger partial charge in [-0.15, -0.1) is 0 Å². The van der Waals surface area contributed by atoms with Crippen LogP contribution < -0.4 is 4.72 Å². The van der Waals surface area contributed by atoms with Crippen molar-refractivity contribution in [2.75, 3.05) is 18.9 Å². The molecule has 0 aromatic carbocycles. The van der Waals surface area contributed by atoms with Crippen LogP contribution in [-0.4, -0.2) is 44.5 Å². The van der Waals surface area contributed by atoms with Gasteiger partial charge in [-0.1, -0.05) is 13.8 Å². The smallest absolute Gasteiger partial charge is 0.322 e. The summed E-state index contributed by atoms with van der Waals surface area (Å²) in [5, 5.41) is 9.38. The highest BCUT2D eigenvalue weighted by Crippen LogP contribution is 2.00. The second-order valence-electron chi connectivity index (χ2n) is 3.72. The molecule has 0 bridgehead atoms. The second-order valence-corrected chi connectivity index (χ2v) is 5.53. The molecule has 7 heteroatoms. The maximum absolute atomic E-state index is 11.3. The number of ether oxygens (including phenoxy) is 1. The summed E-state index contributed by atoms with van der Waals surface area (Å²) in [6.45, 7) is 5.18. The lowest BCUT2D eigenvalue weighted by atomic mass is 10.1. The lowest BCUT2D eigenvalue weighted by Gasteiger charge is -2.14. The van der Waals surface area contributed by atoms with Crippen molar-refractivity contribution >= 4 is 16.0 Å². The Morgan fingerprint density at radius 1 is 1.44 bits per heavy atom. The van der Waals surface area contributed by atoms with Crippen LogP contribution in [0.5, 0.6) is 0 Å². The molecule has 0 rings (SSSR count). The molecule has 0 amide bonds. The van der Waals surface area contributed by atoms with Gasteiger partial charge in [-0.3, -0.25) is 4.79 Å². The Kier molecular flexibility index (Phi) is 6.54. The lowest BCUT2D eigenvalue weighted by Crippen LogP contribution is -2.37. The first-order valence-electron chi connectivity index (χ1n) is 5.09. The maximum atomic E-state index is 11.3. The van der Waals surface area contributed by atoms with E-state index >= 15 is 0 Å². The van der Waals surface area contributed by atoms with Gasteiger partial charge in [-0.2, -0.15) is 0 Å². The highest BCUT2D eigenvalue weighted by molar-refractivity contribution is 7.90. The zero-order valence-electron chi connectivity index (χ0n) is 9.76. The number of aliphatic hydroxyl groups is 1. The molecule has 0 aliphatic rings. The van der Waals surface area contributed by atoms with Crippen molar-refractivity contribution in [1.82, 2.24) is 4.72 Å². The average molecular weight is 253 g/mol. The van der Waals surface area contributed by atoms with Crippen LogP contribution in [0.2, 0.25) is 0 Å². The molecule has 0 aliphatic heterocycles. The number of hydrogen-bond donors (Lipinski definition) is 2. The normalized spacial score (nSPS) is 13.8. The largest absolute Gasteiger partial charge is 0.465 e. The van der Waals surface area contributed by atoms with Crippen molar-refractivity contribution < 1.29 is 23.1 Å². The molecule has 0 spiro atoms. The van der Waals surface area contributed by atoms with Gasteiger partial charge in [0, 0.05) is 6.54 Å². The fraction of sp³-hybridized carbons (Fsp3) is 0.889. The van der Waals surface area contributed by atoms with Crippen LogP contribution in [0.3, 0.4) is 0 Å². The van der Waals surface area contributed by atoms with E-state index in [4.69, 9.17) is 0 Å². The van der Waals surface area contributed by atoms with Gasteiger partial charge in [0.05, 0.1) is 12.7 Å². The fourth-order valence-corrected chi connectivity index (χ4v) is 1.78. The zero-order chi connectivity index (χ0) is 12.8. The van der Waals surface area contributed by atoms with Gasteiger partial charge in [0.25, 0.3) is 0 Å². The Balaban J connectivity index is 4.11. The predicted octanol–water partition coefficient (Wildman–Crippen LogP) is -0.514. The first-order valence-corrected chi connectivity index (χ1v) is 6.74. The molecule has 6 nitrogen and oxygen atoms in total. The molecule has 0 radical (unpaired) electrons.